The molecular formula is C25H29ClN4OS. The van der Waals surface area contributed by atoms with Gasteiger partial charge in [-0.3, -0.25) is 9.69 Å². The molecule has 1 saturated heterocycles. The number of halogens is 1. The highest BCUT2D eigenvalue weighted by Crippen LogP contribution is 2.21. The van der Waals surface area contributed by atoms with Crippen molar-refractivity contribution < 1.29 is 0 Å². The van der Waals surface area contributed by atoms with Crippen molar-refractivity contribution >= 4 is 45.5 Å². The van der Waals surface area contributed by atoms with Crippen molar-refractivity contribution in [3.8, 4) is 0 Å². The van der Waals surface area contributed by atoms with Gasteiger partial charge < -0.3 is 15.2 Å². The highest BCUT2D eigenvalue weighted by molar-refractivity contribution is 7.80. The topological polar surface area (TPSA) is 51.4 Å². The summed E-state index contributed by atoms with van der Waals surface area (Å²) in [7, 11) is 0. The molecule has 0 spiro atoms. The Hall–Kier alpha value is -2.41. The van der Waals surface area contributed by atoms with Gasteiger partial charge in [-0.2, -0.15) is 0 Å². The van der Waals surface area contributed by atoms with Crippen LogP contribution in [0.5, 0.6) is 0 Å². The number of aromatic nitrogens is 1. The number of nitrogens with zero attached hydrogens (tertiary/aromatic N) is 2. The van der Waals surface area contributed by atoms with E-state index in [1.54, 1.807) is 0 Å². The average Bonchev–Trinajstić information content (AvgIpc) is 3.21. The maximum Gasteiger partial charge on any atom is 0.253 e. The summed E-state index contributed by atoms with van der Waals surface area (Å²) >= 11 is 12.0. The molecule has 0 bridgehead atoms. The van der Waals surface area contributed by atoms with Gasteiger partial charge in [-0.25, -0.2) is 0 Å². The summed E-state index contributed by atoms with van der Waals surface area (Å²) in [5, 5.41) is 5.59. The zero-order valence-electron chi connectivity index (χ0n) is 18.5. The third-order valence-corrected chi connectivity index (χ3v) is 6.73. The lowest BCUT2D eigenvalue weighted by Gasteiger charge is -2.32. The molecule has 5 nitrogen and oxygen atoms in total. The number of aromatic amines is 1. The van der Waals surface area contributed by atoms with Crippen LogP contribution < -0.4 is 10.9 Å². The van der Waals surface area contributed by atoms with Crippen molar-refractivity contribution in [1.82, 2.24) is 14.8 Å². The van der Waals surface area contributed by atoms with Gasteiger partial charge in [-0.15, -0.1) is 0 Å². The monoisotopic (exact) mass is 468 g/mol. The van der Waals surface area contributed by atoms with Crippen LogP contribution >= 0.6 is 23.8 Å². The molecule has 1 aliphatic heterocycles. The maximum atomic E-state index is 12.9. The number of likely N-dealkylation sites (tertiary alicyclic amines) is 1. The van der Waals surface area contributed by atoms with E-state index in [1.165, 1.54) is 6.42 Å². The van der Waals surface area contributed by atoms with Crippen molar-refractivity contribution in [2.24, 2.45) is 0 Å². The highest BCUT2D eigenvalue weighted by atomic mass is 35.5. The van der Waals surface area contributed by atoms with Crippen molar-refractivity contribution in [2.45, 2.75) is 39.3 Å². The van der Waals surface area contributed by atoms with Gasteiger partial charge in [0.1, 0.15) is 0 Å². The van der Waals surface area contributed by atoms with Crippen LogP contribution in [-0.4, -0.2) is 45.6 Å². The molecule has 0 unspecified atom stereocenters. The number of benzene rings is 2. The molecule has 0 amide bonds. The molecule has 7 heteroatoms. The van der Waals surface area contributed by atoms with Crippen LogP contribution in [-0.2, 0) is 6.54 Å². The Bertz CT molecular complexity index is 1180. The first kappa shape index (κ1) is 22.8. The van der Waals surface area contributed by atoms with Crippen molar-refractivity contribution in [1.29, 1.82) is 0 Å². The van der Waals surface area contributed by atoms with E-state index in [9.17, 15) is 4.79 Å². The van der Waals surface area contributed by atoms with E-state index in [-0.39, 0.29) is 5.56 Å². The molecule has 4 rings (SSSR count). The molecule has 3 aromatic rings. The zero-order chi connectivity index (χ0) is 22.7. The van der Waals surface area contributed by atoms with Gasteiger partial charge in [0, 0.05) is 34.4 Å². The number of likely N-dealkylation sites (N-methyl/N-ethyl adjacent to an activating group) is 1. The summed E-state index contributed by atoms with van der Waals surface area (Å²) in [6.07, 6.45) is 2.33. The number of thiocarbonyl (C=S) groups is 1. The summed E-state index contributed by atoms with van der Waals surface area (Å²) in [5.74, 6) is 0. The molecule has 1 aliphatic rings. The van der Waals surface area contributed by atoms with Crippen LogP contribution in [0.3, 0.4) is 0 Å². The van der Waals surface area contributed by atoms with Crippen LogP contribution in [0.15, 0.2) is 53.3 Å². The quantitative estimate of drug-likeness (QED) is 0.488. The van der Waals surface area contributed by atoms with E-state index in [4.69, 9.17) is 23.8 Å². The number of pyridine rings is 1. The SMILES string of the molecule is CCN1CCC[C@H]1CN(Cc1cc2ccc(C)cc2[nH]c1=O)C(=S)Nc1cccc(Cl)c1. The number of nitrogens with one attached hydrogen (secondary N) is 2. The number of fused-ring (bicyclic) bond motifs is 1. The third-order valence-electron chi connectivity index (χ3n) is 6.14. The van der Waals surface area contributed by atoms with Gasteiger partial charge in [0.2, 0.25) is 0 Å². The normalized spacial score (nSPS) is 16.4. The average molecular weight is 469 g/mol. The summed E-state index contributed by atoms with van der Waals surface area (Å²) in [5.41, 5.74) is 3.46. The first-order valence-electron chi connectivity index (χ1n) is 11.1. The lowest BCUT2D eigenvalue weighted by molar-refractivity contribution is 0.221. The Morgan fingerprint density at radius 1 is 1.28 bits per heavy atom. The van der Waals surface area contributed by atoms with E-state index in [1.807, 2.05) is 49.4 Å². The molecule has 2 N–H and O–H groups in total. The number of hydrogen-bond donors (Lipinski definition) is 2. The summed E-state index contributed by atoms with van der Waals surface area (Å²) in [4.78, 5) is 20.5. The molecule has 1 atom stereocenters. The van der Waals surface area contributed by atoms with Crippen molar-refractivity contribution in [3.05, 3.63) is 75.0 Å². The first-order valence-corrected chi connectivity index (χ1v) is 11.9. The van der Waals surface area contributed by atoms with Gasteiger partial charge in [-0.1, -0.05) is 36.7 Å². The van der Waals surface area contributed by atoms with Crippen LogP contribution in [0, 0.1) is 6.92 Å². The molecule has 168 valence electrons. The van der Waals surface area contributed by atoms with Gasteiger partial charge in [0.15, 0.2) is 5.11 Å². The lowest BCUT2D eigenvalue weighted by Crippen LogP contribution is -2.44. The Kier molecular flexibility index (Phi) is 7.13. The smallest absolute Gasteiger partial charge is 0.253 e. The first-order chi connectivity index (χ1) is 15.4. The molecule has 2 heterocycles. The van der Waals surface area contributed by atoms with E-state index in [0.717, 1.165) is 48.2 Å². The Morgan fingerprint density at radius 3 is 2.91 bits per heavy atom. The fourth-order valence-corrected chi connectivity index (χ4v) is 4.89. The molecule has 0 saturated carbocycles. The van der Waals surface area contributed by atoms with Crippen LogP contribution in [0.25, 0.3) is 10.9 Å². The van der Waals surface area contributed by atoms with Crippen molar-refractivity contribution in [3.63, 3.8) is 0 Å². The molecule has 0 radical (unpaired) electrons. The van der Waals surface area contributed by atoms with Crippen molar-refractivity contribution in [2.75, 3.05) is 25.0 Å². The van der Waals surface area contributed by atoms with Gasteiger partial charge >= 0.3 is 0 Å². The van der Waals surface area contributed by atoms with E-state index < -0.39 is 0 Å². The predicted molar refractivity (Wildman–Crippen MR) is 138 cm³/mol. The van der Waals surface area contributed by atoms with E-state index in [2.05, 4.69) is 33.1 Å². The summed E-state index contributed by atoms with van der Waals surface area (Å²) < 4.78 is 0. The highest BCUT2D eigenvalue weighted by Gasteiger charge is 2.26. The Morgan fingerprint density at radius 2 is 2.12 bits per heavy atom. The summed E-state index contributed by atoms with van der Waals surface area (Å²) in [6.45, 7) is 7.56. The van der Waals surface area contributed by atoms with E-state index in [0.29, 0.717) is 28.3 Å². The largest absolute Gasteiger partial charge is 0.343 e. The minimum absolute atomic E-state index is 0.0718. The van der Waals surface area contributed by atoms with Gasteiger partial charge in [0.25, 0.3) is 5.56 Å². The minimum Gasteiger partial charge on any atom is -0.343 e. The lowest BCUT2D eigenvalue weighted by atomic mass is 10.1. The number of rotatable bonds is 6. The summed E-state index contributed by atoms with van der Waals surface area (Å²) in [6, 6.07) is 16.0. The standard InChI is InChI=1S/C25H29ClN4OS/c1-3-29-11-5-8-22(29)16-30(25(32)27-21-7-4-6-20(26)14-21)15-19-13-18-10-9-17(2)12-23(18)28-24(19)31/h4,6-7,9-10,12-14,22H,3,5,8,11,15-16H2,1-2H3,(H,27,32)(H,28,31)/t22-/m0/s1. The maximum absolute atomic E-state index is 12.9. The zero-order valence-corrected chi connectivity index (χ0v) is 20.1. The fourth-order valence-electron chi connectivity index (χ4n) is 4.44. The number of anilines is 1. The number of hydrogen-bond acceptors (Lipinski definition) is 3. The fraction of sp³-hybridized carbons (Fsp3) is 0.360. The van der Waals surface area contributed by atoms with Gasteiger partial charge in [-0.05, 0) is 86.4 Å². The van der Waals surface area contributed by atoms with E-state index >= 15 is 0 Å². The molecular weight excluding hydrogens is 440 g/mol. The second-order valence-electron chi connectivity index (χ2n) is 8.46. The second kappa shape index (κ2) is 10.0. The van der Waals surface area contributed by atoms with Gasteiger partial charge in [0.05, 0.1) is 6.54 Å². The second-order valence-corrected chi connectivity index (χ2v) is 9.28. The molecule has 1 fully saturated rings. The molecule has 2 aromatic carbocycles. The predicted octanol–water partition coefficient (Wildman–Crippen LogP) is 5.17. The number of aryl methyl sites for hydroxylation is 1. The third kappa shape index (κ3) is 5.31. The van der Waals surface area contributed by atoms with Crippen LogP contribution in [0.1, 0.15) is 30.9 Å². The minimum atomic E-state index is -0.0718. The van der Waals surface area contributed by atoms with Crippen LogP contribution in [0.2, 0.25) is 5.02 Å². The van der Waals surface area contributed by atoms with Crippen LogP contribution in [0.4, 0.5) is 5.69 Å². The Labute approximate surface area is 199 Å². The Balaban J connectivity index is 1.61. The molecule has 1 aromatic heterocycles. The molecule has 0 aliphatic carbocycles. The number of H-pyrrole nitrogens is 1. The molecule has 32 heavy (non-hydrogen) atoms.